The van der Waals surface area contributed by atoms with Crippen molar-refractivity contribution in [2.45, 2.75) is 44.2 Å². The zero-order valence-electron chi connectivity index (χ0n) is 14.7. The average molecular weight is 372 g/mol. The molecule has 0 aromatic carbocycles. The Morgan fingerprint density at radius 1 is 1.44 bits per heavy atom. The third-order valence-corrected chi connectivity index (χ3v) is 5.63. The molecule has 0 aliphatic carbocycles. The van der Waals surface area contributed by atoms with Gasteiger partial charge >= 0.3 is 11.9 Å². The van der Waals surface area contributed by atoms with Crippen molar-refractivity contribution in [2.75, 3.05) is 26.0 Å². The van der Waals surface area contributed by atoms with Gasteiger partial charge in [-0.2, -0.15) is 0 Å². The first kappa shape index (κ1) is 19.7. The summed E-state index contributed by atoms with van der Waals surface area (Å²) >= 11 is 1.40. The monoisotopic (exact) mass is 372 g/mol. The molecule has 140 valence electrons. The van der Waals surface area contributed by atoms with Crippen LogP contribution in [0.15, 0.2) is 11.3 Å². The first-order valence-electron chi connectivity index (χ1n) is 8.23. The molecule has 1 amide bonds. The van der Waals surface area contributed by atoms with Crippen molar-refractivity contribution in [3.05, 3.63) is 11.3 Å². The normalized spacial score (nSPS) is 25.5. The van der Waals surface area contributed by atoms with Crippen molar-refractivity contribution in [2.24, 2.45) is 0 Å². The molecule has 0 bridgehead atoms. The number of unbranched alkanes of at least 4 members (excludes halogenated alkanes) is 2. The van der Waals surface area contributed by atoms with Gasteiger partial charge in [0.25, 0.3) is 5.91 Å². The molecule has 0 radical (unpaired) electrons. The highest BCUT2D eigenvalue weighted by molar-refractivity contribution is 8.00. The molecule has 0 aromatic rings. The summed E-state index contributed by atoms with van der Waals surface area (Å²) in [5.74, 6) is -1.79. The van der Waals surface area contributed by atoms with E-state index in [1.54, 1.807) is 0 Å². The number of amides is 1. The van der Waals surface area contributed by atoms with Gasteiger partial charge in [-0.1, -0.05) is 19.8 Å². The van der Waals surface area contributed by atoms with E-state index in [1.165, 1.54) is 30.7 Å². The third kappa shape index (κ3) is 3.68. The highest BCUT2D eigenvalue weighted by Crippen LogP contribution is 2.46. The van der Waals surface area contributed by atoms with Crippen molar-refractivity contribution < 1.29 is 29.0 Å². The maximum Gasteiger partial charge on any atom is 0.352 e. The quantitative estimate of drug-likeness (QED) is 0.266. The number of ether oxygens (including phenoxy) is 2. The number of carboxylic acid groups (broad SMARTS) is 1. The van der Waals surface area contributed by atoms with E-state index in [4.69, 9.17) is 9.47 Å². The minimum Gasteiger partial charge on any atom is -0.477 e. The first-order valence-corrected chi connectivity index (χ1v) is 9.28. The Bertz CT molecular complexity index is 593. The van der Waals surface area contributed by atoms with Gasteiger partial charge in [0.1, 0.15) is 17.7 Å². The minimum atomic E-state index is -1.21. The van der Waals surface area contributed by atoms with E-state index in [-0.39, 0.29) is 12.3 Å². The van der Waals surface area contributed by atoms with Gasteiger partial charge in [0.15, 0.2) is 0 Å². The number of hydrogen-bond acceptors (Lipinski definition) is 7. The number of nitrogens with zero attached hydrogens (tertiary/aromatic N) is 1. The van der Waals surface area contributed by atoms with Crippen LogP contribution in [0, 0.1) is 0 Å². The third-order valence-electron chi connectivity index (χ3n) is 4.25. The Morgan fingerprint density at radius 2 is 2.16 bits per heavy atom. The van der Waals surface area contributed by atoms with E-state index < -0.39 is 28.9 Å². The number of esters is 1. The molecular weight excluding hydrogens is 348 g/mol. The number of aliphatic carboxylic acids is 1. The number of fused-ring (bicyclic) bond motifs is 1. The van der Waals surface area contributed by atoms with Crippen molar-refractivity contribution in [1.29, 1.82) is 0 Å². The predicted octanol–water partition coefficient (Wildman–Crippen LogP) is 0.926. The number of carbonyl (C=O) groups excluding carboxylic acids is 2. The van der Waals surface area contributed by atoms with Gasteiger partial charge in [-0.25, -0.2) is 4.79 Å². The van der Waals surface area contributed by atoms with Crippen LogP contribution >= 0.6 is 11.8 Å². The molecule has 9 heteroatoms. The fourth-order valence-corrected chi connectivity index (χ4v) is 4.41. The fraction of sp³-hybridized carbons (Fsp3) is 0.688. The topological polar surface area (TPSA) is 105 Å². The number of carboxylic acids is 1. The lowest BCUT2D eigenvalue weighted by molar-refractivity contribution is -0.191. The summed E-state index contributed by atoms with van der Waals surface area (Å²) in [7, 11) is 1.45. The van der Waals surface area contributed by atoms with E-state index in [0.29, 0.717) is 17.9 Å². The molecule has 1 fully saturated rings. The molecule has 0 aromatic heterocycles. The number of rotatable bonds is 9. The molecule has 25 heavy (non-hydrogen) atoms. The van der Waals surface area contributed by atoms with E-state index in [2.05, 4.69) is 12.2 Å². The molecule has 2 heterocycles. The SMILES string of the molecule is CCCCCNC1(OC)C(=O)N2C(C(=O)O)=C(COC(C)=O)CS[C@H]21. The lowest BCUT2D eigenvalue weighted by atomic mass is 9.98. The number of thioether (sulfide) groups is 1. The van der Waals surface area contributed by atoms with Crippen LogP contribution in [-0.4, -0.2) is 65.0 Å². The summed E-state index contributed by atoms with van der Waals surface area (Å²) < 4.78 is 10.4. The second-order valence-electron chi connectivity index (χ2n) is 5.95. The van der Waals surface area contributed by atoms with Crippen LogP contribution in [-0.2, 0) is 23.9 Å². The van der Waals surface area contributed by atoms with E-state index >= 15 is 0 Å². The van der Waals surface area contributed by atoms with Crippen LogP contribution in [0.4, 0.5) is 0 Å². The van der Waals surface area contributed by atoms with Gasteiger partial charge in [0, 0.05) is 25.4 Å². The van der Waals surface area contributed by atoms with Crippen LogP contribution < -0.4 is 5.32 Å². The molecule has 8 nitrogen and oxygen atoms in total. The zero-order chi connectivity index (χ0) is 18.6. The Kier molecular flexibility index (Phi) is 6.47. The largest absolute Gasteiger partial charge is 0.477 e. The van der Waals surface area contributed by atoms with Crippen LogP contribution in [0.25, 0.3) is 0 Å². The van der Waals surface area contributed by atoms with Crippen molar-refractivity contribution >= 4 is 29.6 Å². The second kappa shape index (κ2) is 8.20. The number of methoxy groups -OCH3 is 1. The van der Waals surface area contributed by atoms with Crippen LogP contribution in [0.5, 0.6) is 0 Å². The Hall–Kier alpha value is -1.58. The molecule has 2 aliphatic heterocycles. The van der Waals surface area contributed by atoms with E-state index in [1.807, 2.05) is 0 Å². The Labute approximate surface area is 150 Å². The lowest BCUT2D eigenvalue weighted by Crippen LogP contribution is -2.80. The first-order chi connectivity index (χ1) is 11.9. The molecule has 2 atom stereocenters. The maximum atomic E-state index is 12.7. The number of β-lactam (4-membered cyclic amide) rings is 1. The molecule has 0 spiro atoms. The standard InChI is InChI=1S/C16H24N2O6S/c1-4-5-6-7-17-16(23-3)14(22)18-12(13(20)21)11(8-24-10(2)19)9-25-15(16)18/h15,17H,4-9H2,1-3H3,(H,20,21)/t15-,16?/m0/s1. The molecular formula is C16H24N2O6S. The molecule has 0 saturated carbocycles. The minimum absolute atomic E-state index is 0.113. The van der Waals surface area contributed by atoms with Gasteiger partial charge < -0.3 is 14.6 Å². The summed E-state index contributed by atoms with van der Waals surface area (Å²) in [4.78, 5) is 36.6. The molecule has 1 unspecified atom stereocenters. The molecule has 2 rings (SSSR count). The highest BCUT2D eigenvalue weighted by atomic mass is 32.2. The van der Waals surface area contributed by atoms with Crippen molar-refractivity contribution in [3.8, 4) is 0 Å². The number of hydrogen-bond donors (Lipinski definition) is 2. The van der Waals surface area contributed by atoms with E-state index in [9.17, 15) is 19.5 Å². The van der Waals surface area contributed by atoms with Crippen LogP contribution in [0.3, 0.4) is 0 Å². The number of carbonyl (C=O) groups is 3. The molecule has 2 aliphatic rings. The van der Waals surface area contributed by atoms with Crippen LogP contribution in [0.2, 0.25) is 0 Å². The van der Waals surface area contributed by atoms with Gasteiger partial charge in [-0.15, -0.1) is 11.8 Å². The summed E-state index contributed by atoms with van der Waals surface area (Å²) in [6.45, 7) is 3.83. The maximum absolute atomic E-state index is 12.7. The van der Waals surface area contributed by atoms with Gasteiger partial charge in [-0.3, -0.25) is 19.8 Å². The Morgan fingerprint density at radius 3 is 2.72 bits per heavy atom. The smallest absolute Gasteiger partial charge is 0.352 e. The summed E-state index contributed by atoms with van der Waals surface area (Å²) in [6, 6.07) is 0. The lowest BCUT2D eigenvalue weighted by Gasteiger charge is -2.56. The summed E-state index contributed by atoms with van der Waals surface area (Å²) in [5.41, 5.74) is -0.905. The predicted molar refractivity (Wildman–Crippen MR) is 91.7 cm³/mol. The van der Waals surface area contributed by atoms with Crippen molar-refractivity contribution in [1.82, 2.24) is 10.2 Å². The van der Waals surface area contributed by atoms with E-state index in [0.717, 1.165) is 19.3 Å². The fourth-order valence-electron chi connectivity index (χ4n) is 2.96. The summed E-state index contributed by atoms with van der Waals surface area (Å²) in [5, 5.41) is 12.2. The second-order valence-corrected chi connectivity index (χ2v) is 7.02. The van der Waals surface area contributed by atoms with Gasteiger partial charge in [0.2, 0.25) is 5.72 Å². The zero-order valence-corrected chi connectivity index (χ0v) is 15.5. The summed E-state index contributed by atoms with van der Waals surface area (Å²) in [6.07, 6.45) is 3.01. The van der Waals surface area contributed by atoms with Gasteiger partial charge in [-0.05, 0) is 13.0 Å². The van der Waals surface area contributed by atoms with Gasteiger partial charge in [0.05, 0.1) is 0 Å². The molecule has 1 saturated heterocycles. The number of nitrogens with one attached hydrogen (secondary N) is 1. The Balaban J connectivity index is 2.19. The van der Waals surface area contributed by atoms with Crippen LogP contribution in [0.1, 0.15) is 33.1 Å². The molecule has 2 N–H and O–H groups in total. The highest BCUT2D eigenvalue weighted by Gasteiger charge is 2.65. The van der Waals surface area contributed by atoms with Crippen molar-refractivity contribution in [3.63, 3.8) is 0 Å². The average Bonchev–Trinajstić information content (AvgIpc) is 2.58.